The Kier molecular flexibility index (Phi) is 7.37. The summed E-state index contributed by atoms with van der Waals surface area (Å²) in [6, 6.07) is 19.5. The van der Waals surface area contributed by atoms with Crippen molar-refractivity contribution >= 4 is 34.3 Å². The van der Waals surface area contributed by atoms with Crippen LogP contribution in [0.15, 0.2) is 88.9 Å². The number of rotatable bonds is 8. The van der Waals surface area contributed by atoms with Gasteiger partial charge in [0, 0.05) is 27.1 Å². The average molecular weight is 531 g/mol. The molecule has 0 aliphatic heterocycles. The molecule has 2 N–H and O–H groups in total. The molecule has 0 saturated heterocycles. The van der Waals surface area contributed by atoms with Crippen LogP contribution in [0.4, 0.5) is 20.3 Å². The summed E-state index contributed by atoms with van der Waals surface area (Å²) in [4.78, 5) is 15.2. The molecule has 0 spiro atoms. The molecule has 9 heteroatoms. The zero-order valence-electron chi connectivity index (χ0n) is 20.7. The predicted molar refractivity (Wildman–Crippen MR) is 144 cm³/mol. The second kappa shape index (κ2) is 11.0. The van der Waals surface area contributed by atoms with Gasteiger partial charge in [0.2, 0.25) is 0 Å². The Labute approximate surface area is 222 Å². The smallest absolute Gasteiger partial charge is 0.164 e. The standard InChI is InChI=1S/C29H24F2N4O2S/c1-17(2)25-11-9-23-28(34-25)32-16-33-29(23)35-26-14-21(37-15-18-13-19(30)3-10-24(18)31)6-12-27(26)38-22-7-4-20(36)5-8-22/h3-14,16-17,36H,15H2,1-2H3,(H,32,33,34,35). The van der Waals surface area contributed by atoms with Crippen LogP contribution in [0.25, 0.3) is 11.0 Å². The van der Waals surface area contributed by atoms with Gasteiger partial charge in [0.25, 0.3) is 0 Å². The van der Waals surface area contributed by atoms with E-state index in [1.54, 1.807) is 24.3 Å². The van der Waals surface area contributed by atoms with Gasteiger partial charge < -0.3 is 15.2 Å². The van der Waals surface area contributed by atoms with Gasteiger partial charge in [-0.1, -0.05) is 25.6 Å². The van der Waals surface area contributed by atoms with Crippen LogP contribution in [0.3, 0.4) is 0 Å². The molecule has 6 nitrogen and oxygen atoms in total. The van der Waals surface area contributed by atoms with E-state index in [9.17, 15) is 13.9 Å². The summed E-state index contributed by atoms with van der Waals surface area (Å²) in [6.45, 7) is 4.01. The summed E-state index contributed by atoms with van der Waals surface area (Å²) in [5.74, 6) is 0.406. The number of phenolic OH excluding ortho intramolecular Hbond substituents is 1. The van der Waals surface area contributed by atoms with Crippen molar-refractivity contribution in [3.63, 3.8) is 0 Å². The quantitative estimate of drug-likeness (QED) is 0.214. The van der Waals surface area contributed by atoms with Gasteiger partial charge in [-0.15, -0.1) is 0 Å². The first kappa shape index (κ1) is 25.4. The molecular weight excluding hydrogens is 506 g/mol. The molecule has 0 atom stereocenters. The van der Waals surface area contributed by atoms with Crippen molar-refractivity contribution < 1.29 is 18.6 Å². The van der Waals surface area contributed by atoms with Gasteiger partial charge in [-0.3, -0.25) is 0 Å². The molecule has 0 unspecified atom stereocenters. The molecule has 5 rings (SSSR count). The van der Waals surface area contributed by atoms with Gasteiger partial charge in [-0.2, -0.15) is 0 Å². The minimum Gasteiger partial charge on any atom is -0.508 e. The number of aromatic hydroxyl groups is 1. The first-order valence-corrected chi connectivity index (χ1v) is 12.7. The molecule has 0 radical (unpaired) electrons. The number of hydrogen-bond donors (Lipinski definition) is 2. The number of anilines is 2. The highest BCUT2D eigenvalue weighted by Crippen LogP contribution is 2.38. The number of benzene rings is 3. The highest BCUT2D eigenvalue weighted by molar-refractivity contribution is 7.99. The van der Waals surface area contributed by atoms with Crippen molar-refractivity contribution in [1.29, 1.82) is 0 Å². The maximum absolute atomic E-state index is 14.1. The van der Waals surface area contributed by atoms with Crippen LogP contribution in [-0.2, 0) is 6.61 Å². The summed E-state index contributed by atoms with van der Waals surface area (Å²) >= 11 is 1.48. The largest absolute Gasteiger partial charge is 0.508 e. The van der Waals surface area contributed by atoms with E-state index in [1.165, 1.54) is 18.1 Å². The van der Waals surface area contributed by atoms with E-state index in [2.05, 4.69) is 34.1 Å². The van der Waals surface area contributed by atoms with Crippen LogP contribution >= 0.6 is 11.8 Å². The molecular formula is C29H24F2N4O2S. The van der Waals surface area contributed by atoms with Gasteiger partial charge in [-0.25, -0.2) is 23.7 Å². The predicted octanol–water partition coefficient (Wildman–Crippen LogP) is 7.61. The first-order chi connectivity index (χ1) is 18.4. The number of aromatic nitrogens is 3. The number of pyridine rings is 1. The lowest BCUT2D eigenvalue weighted by Crippen LogP contribution is -2.02. The molecule has 3 aromatic carbocycles. The number of hydrogen-bond acceptors (Lipinski definition) is 7. The molecule has 0 bridgehead atoms. The molecule has 0 saturated carbocycles. The van der Waals surface area contributed by atoms with Crippen molar-refractivity contribution in [2.75, 3.05) is 5.32 Å². The molecule has 5 aromatic rings. The van der Waals surface area contributed by atoms with Gasteiger partial charge in [-0.05, 0) is 72.6 Å². The monoisotopic (exact) mass is 530 g/mol. The SMILES string of the molecule is CC(C)c1ccc2c(Nc3cc(OCc4cc(F)ccc4F)ccc3Sc3ccc(O)cc3)ncnc2n1. The van der Waals surface area contributed by atoms with E-state index < -0.39 is 11.6 Å². The van der Waals surface area contributed by atoms with Gasteiger partial charge in [0.15, 0.2) is 5.65 Å². The van der Waals surface area contributed by atoms with Crippen LogP contribution in [0.5, 0.6) is 11.5 Å². The number of halogens is 2. The lowest BCUT2D eigenvalue weighted by atomic mass is 10.1. The highest BCUT2D eigenvalue weighted by Gasteiger charge is 2.13. The van der Waals surface area contributed by atoms with E-state index in [-0.39, 0.29) is 23.8 Å². The second-order valence-corrected chi connectivity index (χ2v) is 10.0. The Morgan fingerprint density at radius 2 is 1.76 bits per heavy atom. The second-order valence-electron chi connectivity index (χ2n) is 8.89. The fraction of sp³-hybridized carbons (Fsp3) is 0.138. The number of ether oxygens (including phenoxy) is 1. The topological polar surface area (TPSA) is 80.2 Å². The molecule has 0 aliphatic rings. The van der Waals surface area contributed by atoms with E-state index in [1.807, 2.05) is 30.3 Å². The number of phenols is 1. The van der Waals surface area contributed by atoms with Crippen molar-refractivity contribution in [3.8, 4) is 11.5 Å². The van der Waals surface area contributed by atoms with Crippen LogP contribution < -0.4 is 10.1 Å². The van der Waals surface area contributed by atoms with E-state index in [4.69, 9.17) is 4.74 Å². The summed E-state index contributed by atoms with van der Waals surface area (Å²) in [6.07, 6.45) is 1.46. The molecule has 0 amide bonds. The van der Waals surface area contributed by atoms with Crippen LogP contribution in [0, 0.1) is 11.6 Å². The molecule has 192 valence electrons. The lowest BCUT2D eigenvalue weighted by Gasteiger charge is -2.15. The van der Waals surface area contributed by atoms with Gasteiger partial charge in [0.05, 0.1) is 11.1 Å². The average Bonchev–Trinajstić information content (AvgIpc) is 2.91. The number of fused-ring (bicyclic) bond motifs is 1. The van der Waals surface area contributed by atoms with Gasteiger partial charge in [0.1, 0.15) is 41.9 Å². The van der Waals surface area contributed by atoms with Crippen molar-refractivity contribution in [3.05, 3.63) is 102 Å². The zero-order valence-corrected chi connectivity index (χ0v) is 21.5. The third-order valence-electron chi connectivity index (χ3n) is 5.78. The third kappa shape index (κ3) is 5.84. The number of nitrogens with one attached hydrogen (secondary N) is 1. The van der Waals surface area contributed by atoms with E-state index in [0.717, 1.165) is 39.1 Å². The summed E-state index contributed by atoms with van der Waals surface area (Å²) < 4.78 is 33.5. The Morgan fingerprint density at radius 3 is 2.55 bits per heavy atom. The van der Waals surface area contributed by atoms with Crippen LogP contribution in [-0.4, -0.2) is 20.1 Å². The fourth-order valence-corrected chi connectivity index (χ4v) is 4.63. The normalized spacial score (nSPS) is 11.2. The van der Waals surface area contributed by atoms with Crippen molar-refractivity contribution in [1.82, 2.24) is 15.0 Å². The van der Waals surface area contributed by atoms with Crippen molar-refractivity contribution in [2.45, 2.75) is 36.2 Å². The lowest BCUT2D eigenvalue weighted by molar-refractivity contribution is 0.299. The minimum atomic E-state index is -0.537. The molecule has 2 aromatic heterocycles. The van der Waals surface area contributed by atoms with Gasteiger partial charge >= 0.3 is 0 Å². The molecule has 0 aliphatic carbocycles. The Hall–Kier alpha value is -4.24. The maximum Gasteiger partial charge on any atom is 0.164 e. The maximum atomic E-state index is 14.1. The molecule has 0 fully saturated rings. The molecule has 38 heavy (non-hydrogen) atoms. The number of nitrogens with zero attached hydrogens (tertiary/aromatic N) is 3. The fourth-order valence-electron chi connectivity index (χ4n) is 3.75. The summed E-state index contributed by atoms with van der Waals surface area (Å²) in [5.41, 5.74) is 2.32. The van der Waals surface area contributed by atoms with Crippen LogP contribution in [0.1, 0.15) is 31.0 Å². The summed E-state index contributed by atoms with van der Waals surface area (Å²) in [7, 11) is 0. The van der Waals surface area contributed by atoms with E-state index >= 15 is 0 Å². The van der Waals surface area contributed by atoms with Crippen molar-refractivity contribution in [2.24, 2.45) is 0 Å². The Bertz CT molecular complexity index is 1600. The zero-order chi connectivity index (χ0) is 26.6. The van der Waals surface area contributed by atoms with Crippen LogP contribution in [0.2, 0.25) is 0 Å². The minimum absolute atomic E-state index is 0.121. The third-order valence-corrected chi connectivity index (χ3v) is 6.86. The first-order valence-electron chi connectivity index (χ1n) is 11.9. The Morgan fingerprint density at radius 1 is 0.947 bits per heavy atom. The summed E-state index contributed by atoms with van der Waals surface area (Å²) in [5, 5.41) is 13.8. The van der Waals surface area contributed by atoms with E-state index in [0.29, 0.717) is 22.9 Å². The Balaban J connectivity index is 1.49. The molecule has 2 heterocycles. The highest BCUT2D eigenvalue weighted by atomic mass is 32.2.